The standard InChI is InChI=1S/C18H13N3O2S/c22-16(10-12-5-6-13-3-1-2-4-14(13)9-12)19-18-21-20-17(23-18)15-7-8-24-11-15/h1-9,11H,10H2,(H,19,21,22). The average Bonchev–Trinajstić information content (AvgIpc) is 3.26. The average molecular weight is 335 g/mol. The number of anilines is 1. The summed E-state index contributed by atoms with van der Waals surface area (Å²) in [4.78, 5) is 12.2. The molecule has 0 atom stereocenters. The number of benzene rings is 2. The molecule has 2 aromatic heterocycles. The molecule has 0 aliphatic carbocycles. The van der Waals surface area contributed by atoms with Gasteiger partial charge in [-0.3, -0.25) is 10.1 Å². The lowest BCUT2D eigenvalue weighted by Crippen LogP contribution is -2.14. The van der Waals surface area contributed by atoms with Crippen molar-refractivity contribution in [1.29, 1.82) is 0 Å². The van der Waals surface area contributed by atoms with Gasteiger partial charge in [-0.1, -0.05) is 47.6 Å². The molecule has 0 aliphatic rings. The van der Waals surface area contributed by atoms with Gasteiger partial charge in [-0.25, -0.2) is 0 Å². The van der Waals surface area contributed by atoms with Crippen LogP contribution in [0.4, 0.5) is 6.01 Å². The third-order valence-electron chi connectivity index (χ3n) is 3.62. The number of aromatic nitrogens is 2. The largest absolute Gasteiger partial charge is 0.403 e. The van der Waals surface area contributed by atoms with Crippen molar-refractivity contribution in [2.75, 3.05) is 5.32 Å². The molecule has 0 fully saturated rings. The van der Waals surface area contributed by atoms with E-state index in [2.05, 4.69) is 15.5 Å². The lowest BCUT2D eigenvalue weighted by atomic mass is 10.1. The molecule has 2 heterocycles. The number of thiophene rings is 1. The molecule has 4 rings (SSSR count). The van der Waals surface area contributed by atoms with E-state index in [9.17, 15) is 4.79 Å². The summed E-state index contributed by atoms with van der Waals surface area (Å²) in [6, 6.07) is 16.0. The van der Waals surface area contributed by atoms with Gasteiger partial charge in [-0.05, 0) is 27.8 Å². The monoisotopic (exact) mass is 335 g/mol. The summed E-state index contributed by atoms with van der Waals surface area (Å²) in [5.41, 5.74) is 1.78. The van der Waals surface area contributed by atoms with Gasteiger partial charge in [0.2, 0.25) is 5.91 Å². The third-order valence-corrected chi connectivity index (χ3v) is 4.30. The molecule has 0 bridgehead atoms. The first kappa shape index (κ1) is 14.6. The van der Waals surface area contributed by atoms with E-state index in [-0.39, 0.29) is 18.3 Å². The van der Waals surface area contributed by atoms with Crippen molar-refractivity contribution < 1.29 is 9.21 Å². The molecule has 0 unspecified atom stereocenters. The molecule has 0 saturated heterocycles. The molecule has 0 spiro atoms. The lowest BCUT2D eigenvalue weighted by Gasteiger charge is -2.03. The van der Waals surface area contributed by atoms with Gasteiger partial charge in [0.1, 0.15) is 0 Å². The third kappa shape index (κ3) is 3.04. The minimum atomic E-state index is -0.189. The van der Waals surface area contributed by atoms with Crippen molar-refractivity contribution in [3.05, 3.63) is 64.9 Å². The zero-order valence-electron chi connectivity index (χ0n) is 12.6. The van der Waals surface area contributed by atoms with E-state index in [1.54, 1.807) is 11.3 Å². The highest BCUT2D eigenvalue weighted by molar-refractivity contribution is 7.08. The van der Waals surface area contributed by atoms with Crippen molar-refractivity contribution in [3.8, 4) is 11.5 Å². The fourth-order valence-corrected chi connectivity index (χ4v) is 3.10. The Morgan fingerprint density at radius 2 is 1.96 bits per heavy atom. The number of nitrogens with one attached hydrogen (secondary N) is 1. The SMILES string of the molecule is O=C(Cc1ccc2ccccc2c1)Nc1nnc(-c2ccsc2)o1. The maximum absolute atomic E-state index is 12.2. The highest BCUT2D eigenvalue weighted by atomic mass is 32.1. The van der Waals surface area contributed by atoms with Gasteiger partial charge in [0, 0.05) is 10.9 Å². The quantitative estimate of drug-likeness (QED) is 0.609. The van der Waals surface area contributed by atoms with Gasteiger partial charge in [0.25, 0.3) is 5.89 Å². The van der Waals surface area contributed by atoms with Crippen LogP contribution in [0.5, 0.6) is 0 Å². The molecule has 0 radical (unpaired) electrons. The van der Waals surface area contributed by atoms with Gasteiger partial charge in [0.15, 0.2) is 0 Å². The van der Waals surface area contributed by atoms with Crippen LogP contribution >= 0.6 is 11.3 Å². The number of carbonyl (C=O) groups is 1. The van der Waals surface area contributed by atoms with Gasteiger partial charge < -0.3 is 4.42 Å². The minimum absolute atomic E-state index is 0.113. The molecule has 2 aromatic carbocycles. The number of carbonyl (C=O) groups excluding carboxylic acids is 1. The molecule has 118 valence electrons. The second-order valence-corrected chi connectivity index (χ2v) is 6.11. The number of amides is 1. The maximum atomic E-state index is 12.2. The van der Waals surface area contributed by atoms with Crippen LogP contribution in [0.25, 0.3) is 22.2 Å². The molecule has 5 nitrogen and oxygen atoms in total. The van der Waals surface area contributed by atoms with E-state index in [1.165, 1.54) is 0 Å². The van der Waals surface area contributed by atoms with Gasteiger partial charge in [0.05, 0.1) is 6.42 Å². The molecule has 6 heteroatoms. The number of hydrogen-bond donors (Lipinski definition) is 1. The molecule has 1 N–H and O–H groups in total. The van der Waals surface area contributed by atoms with Crippen LogP contribution in [0, 0.1) is 0 Å². The first-order valence-electron chi connectivity index (χ1n) is 7.41. The van der Waals surface area contributed by atoms with E-state index in [0.717, 1.165) is 21.9 Å². The van der Waals surface area contributed by atoms with Crippen LogP contribution in [-0.2, 0) is 11.2 Å². The van der Waals surface area contributed by atoms with Crippen LogP contribution in [0.3, 0.4) is 0 Å². The van der Waals surface area contributed by atoms with Crippen molar-refractivity contribution in [2.45, 2.75) is 6.42 Å². The Kier molecular flexibility index (Phi) is 3.80. The normalized spacial score (nSPS) is 10.8. The van der Waals surface area contributed by atoms with Gasteiger partial charge in [-0.2, -0.15) is 11.3 Å². The van der Waals surface area contributed by atoms with E-state index < -0.39 is 0 Å². The topological polar surface area (TPSA) is 68.0 Å². The Morgan fingerprint density at radius 3 is 2.79 bits per heavy atom. The number of nitrogens with zero attached hydrogens (tertiary/aromatic N) is 2. The van der Waals surface area contributed by atoms with Crippen LogP contribution in [0.15, 0.2) is 63.7 Å². The summed E-state index contributed by atoms with van der Waals surface area (Å²) >= 11 is 1.55. The van der Waals surface area contributed by atoms with Crippen molar-refractivity contribution in [2.24, 2.45) is 0 Å². The van der Waals surface area contributed by atoms with E-state index in [1.807, 2.05) is 59.3 Å². The summed E-state index contributed by atoms with van der Waals surface area (Å²) < 4.78 is 5.46. The van der Waals surface area contributed by atoms with Crippen molar-refractivity contribution in [3.63, 3.8) is 0 Å². The maximum Gasteiger partial charge on any atom is 0.322 e. The fraction of sp³-hybridized carbons (Fsp3) is 0.0556. The summed E-state index contributed by atoms with van der Waals surface area (Å²) in [7, 11) is 0. The van der Waals surface area contributed by atoms with Gasteiger partial charge in [-0.15, -0.1) is 5.10 Å². The summed E-state index contributed by atoms with van der Waals surface area (Å²) in [6.07, 6.45) is 0.251. The van der Waals surface area contributed by atoms with Crippen LogP contribution in [0.2, 0.25) is 0 Å². The highest BCUT2D eigenvalue weighted by Gasteiger charge is 2.12. The van der Waals surface area contributed by atoms with Crippen molar-refractivity contribution >= 4 is 34.0 Å². The molecule has 0 aliphatic heterocycles. The zero-order valence-corrected chi connectivity index (χ0v) is 13.4. The molecule has 4 aromatic rings. The Balaban J connectivity index is 1.46. The minimum Gasteiger partial charge on any atom is -0.403 e. The highest BCUT2D eigenvalue weighted by Crippen LogP contribution is 2.22. The second kappa shape index (κ2) is 6.25. The van der Waals surface area contributed by atoms with Crippen molar-refractivity contribution in [1.82, 2.24) is 10.2 Å². The summed E-state index contributed by atoms with van der Waals surface area (Å²) in [5, 5.41) is 16.5. The zero-order chi connectivity index (χ0) is 16.4. The first-order valence-corrected chi connectivity index (χ1v) is 8.36. The molecule has 24 heavy (non-hydrogen) atoms. The van der Waals surface area contributed by atoms with Gasteiger partial charge >= 0.3 is 6.01 Å². The summed E-state index contributed by atoms with van der Waals surface area (Å²) in [6.45, 7) is 0. The van der Waals surface area contributed by atoms with Crippen LogP contribution < -0.4 is 5.32 Å². The molecular formula is C18H13N3O2S. The van der Waals surface area contributed by atoms with E-state index in [0.29, 0.717) is 5.89 Å². The van der Waals surface area contributed by atoms with E-state index in [4.69, 9.17) is 4.42 Å². The Morgan fingerprint density at radius 1 is 1.08 bits per heavy atom. The van der Waals surface area contributed by atoms with Crippen LogP contribution in [0.1, 0.15) is 5.56 Å². The molecule has 0 saturated carbocycles. The number of fused-ring (bicyclic) bond motifs is 1. The Bertz CT molecular complexity index is 992. The Hall–Kier alpha value is -2.99. The fourth-order valence-electron chi connectivity index (χ4n) is 2.47. The summed E-state index contributed by atoms with van der Waals surface area (Å²) in [5.74, 6) is 0.211. The molecular weight excluding hydrogens is 322 g/mol. The van der Waals surface area contributed by atoms with E-state index >= 15 is 0 Å². The number of rotatable bonds is 4. The Labute approximate surface area is 142 Å². The number of hydrogen-bond acceptors (Lipinski definition) is 5. The smallest absolute Gasteiger partial charge is 0.322 e. The predicted molar refractivity (Wildman–Crippen MR) is 93.9 cm³/mol. The first-order chi connectivity index (χ1) is 11.8. The lowest BCUT2D eigenvalue weighted by molar-refractivity contribution is -0.115. The second-order valence-electron chi connectivity index (χ2n) is 5.33. The van der Waals surface area contributed by atoms with Crippen LogP contribution in [-0.4, -0.2) is 16.1 Å². The predicted octanol–water partition coefficient (Wildman–Crippen LogP) is 4.13. The molecule has 1 amide bonds.